The Morgan fingerprint density at radius 2 is 1.86 bits per heavy atom. The molecule has 0 atom stereocenters. The summed E-state index contributed by atoms with van der Waals surface area (Å²) in [5.74, 6) is 0.705. The van der Waals surface area contributed by atoms with Crippen molar-refractivity contribution < 1.29 is 14.2 Å². The smallest absolute Gasteiger partial charge is 0.218 e. The van der Waals surface area contributed by atoms with Crippen LogP contribution in [-0.2, 0) is 16.0 Å². The molecule has 0 fully saturated rings. The number of methoxy groups -OCH3 is 1. The van der Waals surface area contributed by atoms with Gasteiger partial charge in [0.05, 0.1) is 19.8 Å². The van der Waals surface area contributed by atoms with Crippen LogP contribution in [0, 0.1) is 13.8 Å². The molecule has 0 bridgehead atoms. The van der Waals surface area contributed by atoms with E-state index in [2.05, 4.69) is 37.1 Å². The van der Waals surface area contributed by atoms with Gasteiger partial charge in [-0.3, -0.25) is 0 Å². The molecule has 0 radical (unpaired) electrons. The van der Waals surface area contributed by atoms with Crippen molar-refractivity contribution in [2.45, 2.75) is 40.3 Å². The van der Waals surface area contributed by atoms with Gasteiger partial charge >= 0.3 is 0 Å². The quantitative estimate of drug-likeness (QED) is 0.671. The standard InChI is InChI=1S/C16H28N2O3/c1-12(2)17-11-15-13(3)10-14(4)18-16(15)21-9-8-20-7-6-19-5/h10,12,17H,6-9,11H2,1-5H3. The molecule has 1 aromatic heterocycles. The molecule has 0 unspecified atom stereocenters. The molecule has 0 spiro atoms. The number of pyridine rings is 1. The molecule has 0 amide bonds. The second kappa shape index (κ2) is 9.71. The third-order valence-electron chi connectivity index (χ3n) is 3.02. The highest BCUT2D eigenvalue weighted by Gasteiger charge is 2.10. The van der Waals surface area contributed by atoms with E-state index < -0.39 is 0 Å². The molecule has 1 aromatic rings. The maximum Gasteiger partial charge on any atom is 0.218 e. The zero-order valence-electron chi connectivity index (χ0n) is 13.9. The monoisotopic (exact) mass is 296 g/mol. The van der Waals surface area contributed by atoms with E-state index in [1.165, 1.54) is 5.56 Å². The van der Waals surface area contributed by atoms with Gasteiger partial charge in [0.25, 0.3) is 0 Å². The van der Waals surface area contributed by atoms with Crippen LogP contribution in [0.25, 0.3) is 0 Å². The Labute approximate surface area is 128 Å². The van der Waals surface area contributed by atoms with Crippen molar-refractivity contribution >= 4 is 0 Å². The van der Waals surface area contributed by atoms with Gasteiger partial charge in [0.2, 0.25) is 5.88 Å². The predicted octanol–water partition coefficient (Wildman–Crippen LogP) is 2.24. The Morgan fingerprint density at radius 3 is 2.52 bits per heavy atom. The second-order valence-electron chi connectivity index (χ2n) is 5.35. The van der Waals surface area contributed by atoms with Crippen molar-refractivity contribution in [1.82, 2.24) is 10.3 Å². The van der Waals surface area contributed by atoms with Gasteiger partial charge in [-0.05, 0) is 25.5 Å². The van der Waals surface area contributed by atoms with Crippen molar-refractivity contribution in [2.24, 2.45) is 0 Å². The first kappa shape index (κ1) is 17.9. The van der Waals surface area contributed by atoms with Crippen molar-refractivity contribution in [3.63, 3.8) is 0 Å². The van der Waals surface area contributed by atoms with Gasteiger partial charge in [-0.1, -0.05) is 13.8 Å². The van der Waals surface area contributed by atoms with Crippen molar-refractivity contribution in [3.8, 4) is 5.88 Å². The highest BCUT2D eigenvalue weighted by Crippen LogP contribution is 2.21. The molecular formula is C16H28N2O3. The molecule has 0 aliphatic rings. The first-order valence-electron chi connectivity index (χ1n) is 7.44. The molecule has 5 heteroatoms. The predicted molar refractivity (Wildman–Crippen MR) is 83.9 cm³/mol. The number of aromatic nitrogens is 1. The highest BCUT2D eigenvalue weighted by atomic mass is 16.5. The van der Waals surface area contributed by atoms with Crippen LogP contribution >= 0.6 is 0 Å². The van der Waals surface area contributed by atoms with Crippen LogP contribution in [-0.4, -0.2) is 44.6 Å². The fourth-order valence-electron chi connectivity index (χ4n) is 1.91. The van der Waals surface area contributed by atoms with E-state index in [1.807, 2.05) is 6.92 Å². The van der Waals surface area contributed by atoms with Gasteiger partial charge in [0.1, 0.15) is 6.61 Å². The lowest BCUT2D eigenvalue weighted by molar-refractivity contribution is 0.0534. The Balaban J connectivity index is 2.57. The van der Waals surface area contributed by atoms with E-state index in [9.17, 15) is 0 Å². The minimum absolute atomic E-state index is 0.427. The lowest BCUT2D eigenvalue weighted by Gasteiger charge is -2.16. The Morgan fingerprint density at radius 1 is 1.14 bits per heavy atom. The van der Waals surface area contributed by atoms with Crippen LogP contribution in [0.2, 0.25) is 0 Å². The van der Waals surface area contributed by atoms with Crippen LogP contribution in [0.15, 0.2) is 6.07 Å². The Bertz CT molecular complexity index is 422. The number of nitrogens with one attached hydrogen (secondary N) is 1. The number of hydrogen-bond acceptors (Lipinski definition) is 5. The average molecular weight is 296 g/mol. The molecule has 1 rings (SSSR count). The van der Waals surface area contributed by atoms with Gasteiger partial charge in [0.15, 0.2) is 0 Å². The summed E-state index contributed by atoms with van der Waals surface area (Å²) in [7, 11) is 1.66. The number of aryl methyl sites for hydroxylation is 2. The molecule has 21 heavy (non-hydrogen) atoms. The zero-order valence-corrected chi connectivity index (χ0v) is 13.9. The molecule has 0 saturated carbocycles. The van der Waals surface area contributed by atoms with Gasteiger partial charge < -0.3 is 19.5 Å². The fraction of sp³-hybridized carbons (Fsp3) is 0.688. The lowest BCUT2D eigenvalue weighted by atomic mass is 10.1. The molecule has 0 aromatic carbocycles. The van der Waals surface area contributed by atoms with Crippen molar-refractivity contribution in [3.05, 3.63) is 22.9 Å². The fourth-order valence-corrected chi connectivity index (χ4v) is 1.91. The SMILES string of the molecule is COCCOCCOc1nc(C)cc(C)c1CNC(C)C. The zero-order chi connectivity index (χ0) is 15.7. The van der Waals surface area contributed by atoms with Gasteiger partial charge in [-0.15, -0.1) is 0 Å². The summed E-state index contributed by atoms with van der Waals surface area (Å²) in [5.41, 5.74) is 3.29. The third-order valence-corrected chi connectivity index (χ3v) is 3.02. The van der Waals surface area contributed by atoms with E-state index in [-0.39, 0.29) is 0 Å². The molecular weight excluding hydrogens is 268 g/mol. The molecule has 0 aliphatic heterocycles. The summed E-state index contributed by atoms with van der Waals surface area (Å²) in [5, 5.41) is 3.41. The molecule has 1 heterocycles. The molecule has 0 aliphatic carbocycles. The minimum Gasteiger partial charge on any atom is -0.475 e. The van der Waals surface area contributed by atoms with Crippen LogP contribution in [0.4, 0.5) is 0 Å². The van der Waals surface area contributed by atoms with Crippen molar-refractivity contribution in [1.29, 1.82) is 0 Å². The first-order chi connectivity index (χ1) is 10.0. The normalized spacial score (nSPS) is 11.1. The minimum atomic E-state index is 0.427. The summed E-state index contributed by atoms with van der Waals surface area (Å²) < 4.78 is 16.1. The average Bonchev–Trinajstić information content (AvgIpc) is 2.41. The van der Waals surface area contributed by atoms with E-state index in [1.54, 1.807) is 7.11 Å². The first-order valence-corrected chi connectivity index (χ1v) is 7.44. The second-order valence-corrected chi connectivity index (χ2v) is 5.35. The highest BCUT2D eigenvalue weighted by molar-refractivity contribution is 5.35. The largest absolute Gasteiger partial charge is 0.475 e. The van der Waals surface area contributed by atoms with E-state index >= 15 is 0 Å². The third kappa shape index (κ3) is 6.89. The maximum atomic E-state index is 5.79. The summed E-state index contributed by atoms with van der Waals surface area (Å²) in [6.07, 6.45) is 0. The van der Waals surface area contributed by atoms with Gasteiger partial charge in [0, 0.05) is 31.0 Å². The summed E-state index contributed by atoms with van der Waals surface area (Å²) in [6.45, 7) is 11.3. The van der Waals surface area contributed by atoms with Gasteiger partial charge in [-0.2, -0.15) is 0 Å². The van der Waals surface area contributed by atoms with E-state index in [0.717, 1.165) is 17.8 Å². The number of rotatable bonds is 10. The number of hydrogen-bond donors (Lipinski definition) is 1. The summed E-state index contributed by atoms with van der Waals surface area (Å²) in [6, 6.07) is 2.51. The molecule has 120 valence electrons. The molecule has 5 nitrogen and oxygen atoms in total. The van der Waals surface area contributed by atoms with Gasteiger partial charge in [-0.25, -0.2) is 4.98 Å². The molecule has 0 saturated heterocycles. The van der Waals surface area contributed by atoms with Crippen LogP contribution in [0.5, 0.6) is 5.88 Å². The summed E-state index contributed by atoms with van der Waals surface area (Å²) >= 11 is 0. The topological polar surface area (TPSA) is 52.6 Å². The van der Waals surface area contributed by atoms with Crippen LogP contribution in [0.1, 0.15) is 30.7 Å². The van der Waals surface area contributed by atoms with Crippen molar-refractivity contribution in [2.75, 3.05) is 33.5 Å². The lowest BCUT2D eigenvalue weighted by Crippen LogP contribution is -2.23. The van der Waals surface area contributed by atoms with Crippen LogP contribution < -0.4 is 10.1 Å². The number of nitrogens with zero attached hydrogens (tertiary/aromatic N) is 1. The van der Waals surface area contributed by atoms with Crippen LogP contribution in [0.3, 0.4) is 0 Å². The Kier molecular flexibility index (Phi) is 8.27. The summed E-state index contributed by atoms with van der Waals surface area (Å²) in [4.78, 5) is 4.50. The van der Waals surface area contributed by atoms with E-state index in [4.69, 9.17) is 14.2 Å². The maximum absolute atomic E-state index is 5.79. The Hall–Kier alpha value is -1.17. The number of ether oxygens (including phenoxy) is 3. The van der Waals surface area contributed by atoms with E-state index in [0.29, 0.717) is 38.3 Å². The molecule has 1 N–H and O–H groups in total.